The summed E-state index contributed by atoms with van der Waals surface area (Å²) in [6.45, 7) is 0.00269. The quantitative estimate of drug-likeness (QED) is 0.569. The molecule has 8 heteroatoms. The standard InChI is InChI=1S/C19H15FN6O/c20-13-4-3-5-14(8-13)24-18(27)11-26-10-15(9-23-26)25-19-16-6-1-2-7-17(16)21-12-22-19/h1-10,12H,11H2,(H,24,27)(H,21,22,25). The summed E-state index contributed by atoms with van der Waals surface area (Å²) >= 11 is 0. The highest BCUT2D eigenvalue weighted by Crippen LogP contribution is 2.22. The lowest BCUT2D eigenvalue weighted by molar-refractivity contribution is -0.116. The number of rotatable bonds is 5. The van der Waals surface area contributed by atoms with Crippen molar-refractivity contribution in [3.05, 3.63) is 73.1 Å². The van der Waals surface area contributed by atoms with Gasteiger partial charge in [-0.2, -0.15) is 5.10 Å². The minimum atomic E-state index is -0.407. The van der Waals surface area contributed by atoms with Crippen molar-refractivity contribution < 1.29 is 9.18 Å². The van der Waals surface area contributed by atoms with E-state index in [9.17, 15) is 9.18 Å². The molecule has 0 atom stereocenters. The number of para-hydroxylation sites is 1. The number of anilines is 3. The molecule has 0 saturated carbocycles. The first-order valence-corrected chi connectivity index (χ1v) is 8.22. The summed E-state index contributed by atoms with van der Waals surface area (Å²) in [5.74, 6) is -0.0532. The first kappa shape index (κ1) is 16.6. The fourth-order valence-corrected chi connectivity index (χ4v) is 2.67. The molecule has 0 aliphatic carbocycles. The van der Waals surface area contributed by atoms with Gasteiger partial charge < -0.3 is 10.6 Å². The number of aromatic nitrogens is 4. The van der Waals surface area contributed by atoms with Crippen LogP contribution >= 0.6 is 0 Å². The molecule has 2 aromatic heterocycles. The molecule has 1 amide bonds. The van der Waals surface area contributed by atoms with Crippen molar-refractivity contribution in [2.24, 2.45) is 0 Å². The number of hydrogen-bond donors (Lipinski definition) is 2. The number of halogens is 1. The smallest absolute Gasteiger partial charge is 0.246 e. The average Bonchev–Trinajstić information content (AvgIpc) is 3.09. The van der Waals surface area contributed by atoms with Gasteiger partial charge >= 0.3 is 0 Å². The fourth-order valence-electron chi connectivity index (χ4n) is 2.67. The van der Waals surface area contributed by atoms with E-state index >= 15 is 0 Å². The van der Waals surface area contributed by atoms with Gasteiger partial charge in [-0.3, -0.25) is 9.48 Å². The monoisotopic (exact) mass is 362 g/mol. The molecule has 0 radical (unpaired) electrons. The summed E-state index contributed by atoms with van der Waals surface area (Å²) in [6.07, 6.45) is 4.79. The summed E-state index contributed by atoms with van der Waals surface area (Å²) in [6, 6.07) is 13.4. The van der Waals surface area contributed by atoms with Gasteiger partial charge in [0, 0.05) is 17.3 Å². The fraction of sp³-hybridized carbons (Fsp3) is 0.0526. The molecule has 0 aliphatic rings. The Balaban J connectivity index is 1.44. The van der Waals surface area contributed by atoms with Gasteiger partial charge in [0.25, 0.3) is 0 Å². The predicted octanol–water partition coefficient (Wildman–Crippen LogP) is 3.35. The Kier molecular flexibility index (Phi) is 4.44. The molecule has 2 aromatic carbocycles. The molecule has 0 unspecified atom stereocenters. The topological polar surface area (TPSA) is 84.7 Å². The zero-order valence-electron chi connectivity index (χ0n) is 14.1. The maximum absolute atomic E-state index is 13.2. The third-order valence-electron chi connectivity index (χ3n) is 3.85. The second kappa shape index (κ2) is 7.20. The Labute approximate surface area is 153 Å². The maximum atomic E-state index is 13.2. The second-order valence-corrected chi connectivity index (χ2v) is 5.85. The number of hydrogen-bond acceptors (Lipinski definition) is 5. The molecule has 7 nitrogen and oxygen atoms in total. The van der Waals surface area contributed by atoms with Crippen molar-refractivity contribution in [3.8, 4) is 0 Å². The van der Waals surface area contributed by atoms with Crippen molar-refractivity contribution in [1.29, 1.82) is 0 Å². The van der Waals surface area contributed by atoms with Crippen molar-refractivity contribution in [1.82, 2.24) is 19.7 Å². The number of fused-ring (bicyclic) bond motifs is 1. The van der Waals surface area contributed by atoms with E-state index in [1.807, 2.05) is 24.3 Å². The third-order valence-corrected chi connectivity index (χ3v) is 3.85. The molecule has 4 aromatic rings. The predicted molar refractivity (Wildman–Crippen MR) is 100 cm³/mol. The van der Waals surface area contributed by atoms with Crippen LogP contribution in [0.15, 0.2) is 67.3 Å². The molecular formula is C19H15FN6O. The van der Waals surface area contributed by atoms with Crippen LogP contribution < -0.4 is 10.6 Å². The van der Waals surface area contributed by atoms with Gasteiger partial charge in [0.15, 0.2) is 0 Å². The summed E-state index contributed by atoms with van der Waals surface area (Å²) < 4.78 is 14.7. The molecule has 0 spiro atoms. The first-order valence-electron chi connectivity index (χ1n) is 8.22. The van der Waals surface area contributed by atoms with Crippen LogP contribution in [0.5, 0.6) is 0 Å². The molecule has 0 aliphatic heterocycles. The number of amides is 1. The highest BCUT2D eigenvalue weighted by molar-refractivity contribution is 5.91. The number of nitrogens with one attached hydrogen (secondary N) is 2. The molecule has 4 rings (SSSR count). The van der Waals surface area contributed by atoms with E-state index in [0.29, 0.717) is 17.2 Å². The lowest BCUT2D eigenvalue weighted by Gasteiger charge is -2.06. The largest absolute Gasteiger partial charge is 0.337 e. The van der Waals surface area contributed by atoms with Crippen molar-refractivity contribution >= 4 is 34.0 Å². The van der Waals surface area contributed by atoms with E-state index in [1.165, 1.54) is 29.2 Å². The third kappa shape index (κ3) is 3.90. The Morgan fingerprint density at radius 1 is 1.07 bits per heavy atom. The highest BCUT2D eigenvalue weighted by Gasteiger charge is 2.08. The van der Waals surface area contributed by atoms with Gasteiger partial charge in [0.1, 0.15) is 24.5 Å². The molecule has 134 valence electrons. The summed E-state index contributed by atoms with van der Waals surface area (Å²) in [5, 5.41) is 10.9. The molecule has 2 heterocycles. The number of carbonyl (C=O) groups excluding carboxylic acids is 1. The van der Waals surface area contributed by atoms with E-state index < -0.39 is 5.82 Å². The maximum Gasteiger partial charge on any atom is 0.246 e. The van der Waals surface area contributed by atoms with Gasteiger partial charge in [-0.05, 0) is 30.3 Å². The number of benzene rings is 2. The van der Waals surface area contributed by atoms with Crippen LogP contribution in [0.1, 0.15) is 0 Å². The van der Waals surface area contributed by atoms with Gasteiger partial charge in [-0.15, -0.1) is 0 Å². The minimum absolute atomic E-state index is 0.00269. The normalized spacial score (nSPS) is 10.7. The summed E-state index contributed by atoms with van der Waals surface area (Å²) in [7, 11) is 0. The second-order valence-electron chi connectivity index (χ2n) is 5.85. The van der Waals surface area contributed by atoms with Gasteiger partial charge in [0.05, 0.1) is 17.4 Å². The van der Waals surface area contributed by atoms with E-state index in [4.69, 9.17) is 0 Å². The Morgan fingerprint density at radius 2 is 1.96 bits per heavy atom. The van der Waals surface area contributed by atoms with Crippen LogP contribution in [0.4, 0.5) is 21.6 Å². The van der Waals surface area contributed by atoms with Crippen LogP contribution in [-0.2, 0) is 11.3 Å². The zero-order chi connectivity index (χ0) is 18.6. The lowest BCUT2D eigenvalue weighted by atomic mass is 10.2. The molecule has 0 saturated heterocycles. The van der Waals surface area contributed by atoms with E-state index in [1.54, 1.807) is 18.5 Å². The SMILES string of the molecule is O=C(Cn1cc(Nc2ncnc3ccccc23)cn1)Nc1cccc(F)c1. The van der Waals surface area contributed by atoms with Crippen molar-refractivity contribution in [2.45, 2.75) is 6.54 Å². The van der Waals surface area contributed by atoms with E-state index in [-0.39, 0.29) is 12.5 Å². The first-order chi connectivity index (χ1) is 13.2. The molecule has 27 heavy (non-hydrogen) atoms. The van der Waals surface area contributed by atoms with E-state index in [0.717, 1.165) is 10.9 Å². The minimum Gasteiger partial charge on any atom is -0.337 e. The molecule has 2 N–H and O–H groups in total. The van der Waals surface area contributed by atoms with Crippen LogP contribution in [0.3, 0.4) is 0 Å². The Morgan fingerprint density at radius 3 is 2.85 bits per heavy atom. The van der Waals surface area contributed by atoms with Crippen LogP contribution in [-0.4, -0.2) is 25.7 Å². The number of nitrogens with zero attached hydrogens (tertiary/aromatic N) is 4. The molecular weight excluding hydrogens is 347 g/mol. The van der Waals surface area contributed by atoms with E-state index in [2.05, 4.69) is 25.7 Å². The van der Waals surface area contributed by atoms with Crippen LogP contribution in [0.2, 0.25) is 0 Å². The number of carbonyl (C=O) groups is 1. The summed E-state index contributed by atoms with van der Waals surface area (Å²) in [4.78, 5) is 20.6. The highest BCUT2D eigenvalue weighted by atomic mass is 19.1. The van der Waals surface area contributed by atoms with Gasteiger partial charge in [0.2, 0.25) is 5.91 Å². The zero-order valence-corrected chi connectivity index (χ0v) is 14.1. The summed E-state index contributed by atoms with van der Waals surface area (Å²) in [5.41, 5.74) is 1.92. The van der Waals surface area contributed by atoms with Gasteiger partial charge in [-0.1, -0.05) is 18.2 Å². The Hall–Kier alpha value is -3.81. The molecule has 0 bridgehead atoms. The molecule has 0 fully saturated rings. The lowest BCUT2D eigenvalue weighted by Crippen LogP contribution is -2.19. The average molecular weight is 362 g/mol. The Bertz CT molecular complexity index is 1100. The van der Waals surface area contributed by atoms with Crippen molar-refractivity contribution in [2.75, 3.05) is 10.6 Å². The van der Waals surface area contributed by atoms with Crippen LogP contribution in [0, 0.1) is 5.82 Å². The van der Waals surface area contributed by atoms with Crippen molar-refractivity contribution in [3.63, 3.8) is 0 Å². The van der Waals surface area contributed by atoms with Gasteiger partial charge in [-0.25, -0.2) is 14.4 Å². The van der Waals surface area contributed by atoms with Crippen LogP contribution in [0.25, 0.3) is 10.9 Å².